The standard InChI is InChI=1S/C13H16BrClN4O/c1-20-7-6-19-13(11(15)8-17-19)12(18-16)9-4-2-3-5-10(9)14/h2-5,8,12,18H,6-7,16H2,1H3. The van der Waals surface area contributed by atoms with Crippen LogP contribution in [0.15, 0.2) is 34.9 Å². The van der Waals surface area contributed by atoms with E-state index in [1.807, 2.05) is 24.3 Å². The quantitative estimate of drug-likeness (QED) is 0.614. The number of benzene rings is 1. The van der Waals surface area contributed by atoms with Crippen molar-refractivity contribution in [2.24, 2.45) is 5.84 Å². The van der Waals surface area contributed by atoms with E-state index in [0.717, 1.165) is 15.7 Å². The molecule has 1 aromatic carbocycles. The lowest BCUT2D eigenvalue weighted by molar-refractivity contribution is 0.182. The van der Waals surface area contributed by atoms with Crippen molar-refractivity contribution >= 4 is 27.5 Å². The first-order valence-electron chi connectivity index (χ1n) is 6.09. The fourth-order valence-electron chi connectivity index (χ4n) is 2.04. The van der Waals surface area contributed by atoms with Crippen LogP contribution in [0.25, 0.3) is 0 Å². The maximum atomic E-state index is 6.26. The molecule has 0 amide bonds. The van der Waals surface area contributed by atoms with Crippen molar-refractivity contribution in [2.75, 3.05) is 13.7 Å². The Morgan fingerprint density at radius 2 is 2.25 bits per heavy atom. The van der Waals surface area contributed by atoms with Crippen LogP contribution in [0.4, 0.5) is 0 Å². The zero-order valence-electron chi connectivity index (χ0n) is 11.0. The minimum Gasteiger partial charge on any atom is -0.383 e. The van der Waals surface area contributed by atoms with Crippen LogP contribution in [0.2, 0.25) is 5.02 Å². The molecule has 1 heterocycles. The lowest BCUT2D eigenvalue weighted by Gasteiger charge is -2.20. The molecule has 2 aromatic rings. The molecule has 5 nitrogen and oxygen atoms in total. The van der Waals surface area contributed by atoms with Gasteiger partial charge in [0.25, 0.3) is 0 Å². The third kappa shape index (κ3) is 3.21. The van der Waals surface area contributed by atoms with E-state index in [9.17, 15) is 0 Å². The Kier molecular flexibility index (Phi) is 5.56. The molecule has 1 atom stereocenters. The number of methoxy groups -OCH3 is 1. The molecule has 3 N–H and O–H groups in total. The monoisotopic (exact) mass is 358 g/mol. The SMILES string of the molecule is COCCn1ncc(Cl)c1C(NN)c1ccccc1Br. The third-order valence-electron chi connectivity index (χ3n) is 3.00. The Bertz CT molecular complexity index is 575. The molecule has 0 saturated carbocycles. The van der Waals surface area contributed by atoms with Crippen LogP contribution in [0, 0.1) is 0 Å². The minimum atomic E-state index is -0.252. The summed E-state index contributed by atoms with van der Waals surface area (Å²) in [4.78, 5) is 0. The van der Waals surface area contributed by atoms with Gasteiger partial charge in [0.1, 0.15) is 0 Å². The van der Waals surface area contributed by atoms with Gasteiger partial charge < -0.3 is 4.74 Å². The van der Waals surface area contributed by atoms with Gasteiger partial charge in [-0.05, 0) is 11.6 Å². The molecular formula is C13H16BrClN4O. The Hall–Kier alpha value is -0.920. The largest absolute Gasteiger partial charge is 0.383 e. The molecule has 1 unspecified atom stereocenters. The number of aromatic nitrogens is 2. The summed E-state index contributed by atoms with van der Waals surface area (Å²) in [5.41, 5.74) is 4.62. The van der Waals surface area contributed by atoms with Gasteiger partial charge in [-0.1, -0.05) is 45.7 Å². The normalized spacial score (nSPS) is 12.6. The molecule has 0 aliphatic heterocycles. The molecule has 2 rings (SSSR count). The second-order valence-electron chi connectivity index (χ2n) is 4.21. The van der Waals surface area contributed by atoms with E-state index in [4.69, 9.17) is 22.2 Å². The van der Waals surface area contributed by atoms with E-state index < -0.39 is 0 Å². The Labute approximate surface area is 131 Å². The zero-order valence-corrected chi connectivity index (χ0v) is 13.4. The van der Waals surface area contributed by atoms with Crippen LogP contribution in [0.3, 0.4) is 0 Å². The van der Waals surface area contributed by atoms with Crippen LogP contribution in [-0.2, 0) is 11.3 Å². The highest BCUT2D eigenvalue weighted by Crippen LogP contribution is 2.31. The molecule has 20 heavy (non-hydrogen) atoms. The van der Waals surface area contributed by atoms with E-state index in [-0.39, 0.29) is 6.04 Å². The first-order valence-corrected chi connectivity index (χ1v) is 7.26. The molecule has 0 radical (unpaired) electrons. The number of nitrogens with one attached hydrogen (secondary N) is 1. The van der Waals surface area contributed by atoms with Gasteiger partial charge in [-0.25, -0.2) is 5.43 Å². The second-order valence-corrected chi connectivity index (χ2v) is 5.48. The van der Waals surface area contributed by atoms with Gasteiger partial charge in [0, 0.05) is 11.6 Å². The number of hydrazine groups is 1. The van der Waals surface area contributed by atoms with Crippen LogP contribution >= 0.6 is 27.5 Å². The van der Waals surface area contributed by atoms with Gasteiger partial charge in [0.05, 0.1) is 36.1 Å². The number of halogens is 2. The Morgan fingerprint density at radius 3 is 2.90 bits per heavy atom. The fraction of sp³-hybridized carbons (Fsp3) is 0.308. The van der Waals surface area contributed by atoms with Crippen LogP contribution in [0.5, 0.6) is 0 Å². The summed E-state index contributed by atoms with van der Waals surface area (Å²) < 4.78 is 7.85. The van der Waals surface area contributed by atoms with Crippen molar-refractivity contribution in [1.29, 1.82) is 0 Å². The fourth-order valence-corrected chi connectivity index (χ4v) is 2.80. The minimum absolute atomic E-state index is 0.252. The summed E-state index contributed by atoms with van der Waals surface area (Å²) in [6, 6.07) is 7.60. The second kappa shape index (κ2) is 7.19. The predicted molar refractivity (Wildman–Crippen MR) is 82.4 cm³/mol. The number of nitrogens with two attached hydrogens (primary N) is 1. The van der Waals surface area contributed by atoms with Gasteiger partial charge >= 0.3 is 0 Å². The van der Waals surface area contributed by atoms with Crippen molar-refractivity contribution in [3.05, 3.63) is 51.2 Å². The Balaban J connectivity index is 2.42. The van der Waals surface area contributed by atoms with E-state index in [0.29, 0.717) is 18.2 Å². The van der Waals surface area contributed by atoms with Gasteiger partial charge in [-0.2, -0.15) is 5.10 Å². The highest BCUT2D eigenvalue weighted by molar-refractivity contribution is 9.10. The Morgan fingerprint density at radius 1 is 1.50 bits per heavy atom. The van der Waals surface area contributed by atoms with Gasteiger partial charge in [0.15, 0.2) is 0 Å². The highest BCUT2D eigenvalue weighted by atomic mass is 79.9. The summed E-state index contributed by atoms with van der Waals surface area (Å²) in [6.45, 7) is 1.17. The average Bonchev–Trinajstić information content (AvgIpc) is 2.81. The molecule has 108 valence electrons. The van der Waals surface area contributed by atoms with Crippen LogP contribution in [0.1, 0.15) is 17.3 Å². The molecule has 0 saturated heterocycles. The molecule has 0 fully saturated rings. The zero-order chi connectivity index (χ0) is 14.5. The molecule has 1 aromatic heterocycles. The van der Waals surface area contributed by atoms with Gasteiger partial charge in [0.2, 0.25) is 0 Å². The summed E-state index contributed by atoms with van der Waals surface area (Å²) in [5, 5.41) is 4.84. The maximum absolute atomic E-state index is 6.26. The summed E-state index contributed by atoms with van der Waals surface area (Å²) >= 11 is 9.80. The van der Waals surface area contributed by atoms with E-state index in [1.54, 1.807) is 18.0 Å². The lowest BCUT2D eigenvalue weighted by atomic mass is 10.0. The molecule has 0 bridgehead atoms. The molecule has 0 aliphatic carbocycles. The topological polar surface area (TPSA) is 65.1 Å². The van der Waals surface area contributed by atoms with E-state index in [2.05, 4.69) is 26.5 Å². The molecule has 0 spiro atoms. The van der Waals surface area contributed by atoms with Crippen molar-refractivity contribution in [2.45, 2.75) is 12.6 Å². The number of hydrogen-bond acceptors (Lipinski definition) is 4. The highest BCUT2D eigenvalue weighted by Gasteiger charge is 2.22. The van der Waals surface area contributed by atoms with Crippen molar-refractivity contribution in [3.63, 3.8) is 0 Å². The lowest BCUT2D eigenvalue weighted by Crippen LogP contribution is -2.31. The smallest absolute Gasteiger partial charge is 0.0904 e. The van der Waals surface area contributed by atoms with Crippen molar-refractivity contribution < 1.29 is 4.74 Å². The number of rotatable bonds is 6. The molecular weight excluding hydrogens is 344 g/mol. The van der Waals surface area contributed by atoms with Crippen LogP contribution in [-0.4, -0.2) is 23.5 Å². The summed E-state index contributed by atoms with van der Waals surface area (Å²) in [7, 11) is 1.65. The van der Waals surface area contributed by atoms with E-state index >= 15 is 0 Å². The van der Waals surface area contributed by atoms with E-state index in [1.165, 1.54) is 0 Å². The predicted octanol–water partition coefficient (Wildman–Crippen LogP) is 2.50. The molecule has 7 heteroatoms. The average molecular weight is 360 g/mol. The van der Waals surface area contributed by atoms with Gasteiger partial charge in [-0.15, -0.1) is 0 Å². The molecule has 0 aliphatic rings. The van der Waals surface area contributed by atoms with Crippen molar-refractivity contribution in [3.8, 4) is 0 Å². The maximum Gasteiger partial charge on any atom is 0.0904 e. The number of ether oxygens (including phenoxy) is 1. The number of hydrogen-bond donors (Lipinski definition) is 2. The first kappa shape index (κ1) is 15.5. The van der Waals surface area contributed by atoms with Crippen molar-refractivity contribution in [1.82, 2.24) is 15.2 Å². The first-order chi connectivity index (χ1) is 9.69. The number of nitrogens with zero attached hydrogens (tertiary/aromatic N) is 2. The van der Waals surface area contributed by atoms with Crippen LogP contribution < -0.4 is 11.3 Å². The summed E-state index contributed by atoms with van der Waals surface area (Å²) in [5.74, 6) is 5.73. The van der Waals surface area contributed by atoms with Gasteiger partial charge in [-0.3, -0.25) is 10.5 Å². The third-order valence-corrected chi connectivity index (χ3v) is 4.01. The summed E-state index contributed by atoms with van der Waals surface area (Å²) in [6.07, 6.45) is 1.62.